The van der Waals surface area contributed by atoms with Gasteiger partial charge in [-0.2, -0.15) is 0 Å². The zero-order valence-electron chi connectivity index (χ0n) is 18.6. The Morgan fingerprint density at radius 2 is 1.18 bits per heavy atom. The average molecular weight is 393 g/mol. The van der Waals surface area contributed by atoms with Crippen molar-refractivity contribution in [2.45, 2.75) is 123 Å². The largest absolute Gasteiger partial charge is 0.504 e. The molecule has 0 aromatic heterocycles. The molecular formula is C25H44O3. The first-order chi connectivity index (χ1) is 13.6. The SMILES string of the molecule is CCCCCCCC(CCCC)(CCCCCCC)Oc1cccc(O)c1O. The van der Waals surface area contributed by atoms with E-state index in [4.69, 9.17) is 4.74 Å². The first-order valence-corrected chi connectivity index (χ1v) is 11.8. The van der Waals surface area contributed by atoms with Crippen molar-refractivity contribution in [3.05, 3.63) is 18.2 Å². The number of ether oxygens (including phenoxy) is 1. The van der Waals surface area contributed by atoms with E-state index in [1.807, 2.05) is 0 Å². The predicted molar refractivity (Wildman–Crippen MR) is 119 cm³/mol. The fourth-order valence-electron chi connectivity index (χ4n) is 3.95. The van der Waals surface area contributed by atoms with Crippen LogP contribution in [0.15, 0.2) is 18.2 Å². The minimum absolute atomic E-state index is 0.104. The molecule has 0 radical (unpaired) electrons. The van der Waals surface area contributed by atoms with Gasteiger partial charge in [-0.05, 0) is 50.7 Å². The van der Waals surface area contributed by atoms with E-state index in [9.17, 15) is 10.2 Å². The molecule has 0 spiro atoms. The Balaban J connectivity index is 2.88. The molecule has 0 aliphatic rings. The van der Waals surface area contributed by atoms with Crippen LogP contribution in [-0.2, 0) is 0 Å². The van der Waals surface area contributed by atoms with Gasteiger partial charge in [-0.1, -0.05) is 84.6 Å². The molecule has 1 rings (SSSR count). The van der Waals surface area contributed by atoms with Crippen molar-refractivity contribution in [2.24, 2.45) is 0 Å². The van der Waals surface area contributed by atoms with Crippen LogP contribution in [0.4, 0.5) is 0 Å². The Bertz CT molecular complexity index is 499. The molecule has 0 aliphatic heterocycles. The van der Waals surface area contributed by atoms with Crippen molar-refractivity contribution in [2.75, 3.05) is 0 Å². The smallest absolute Gasteiger partial charge is 0.200 e. The highest BCUT2D eigenvalue weighted by molar-refractivity contribution is 5.49. The molecule has 0 saturated carbocycles. The summed E-state index contributed by atoms with van der Waals surface area (Å²) in [6, 6.07) is 5.03. The van der Waals surface area contributed by atoms with Gasteiger partial charge in [0.2, 0.25) is 5.75 Å². The van der Waals surface area contributed by atoms with Crippen molar-refractivity contribution in [3.8, 4) is 17.2 Å². The lowest BCUT2D eigenvalue weighted by atomic mass is 9.85. The molecule has 1 aromatic carbocycles. The van der Waals surface area contributed by atoms with E-state index in [0.29, 0.717) is 5.75 Å². The molecule has 0 amide bonds. The lowest BCUT2D eigenvalue weighted by Crippen LogP contribution is -2.36. The van der Waals surface area contributed by atoms with Crippen LogP contribution in [0.3, 0.4) is 0 Å². The topological polar surface area (TPSA) is 49.7 Å². The van der Waals surface area contributed by atoms with E-state index >= 15 is 0 Å². The van der Waals surface area contributed by atoms with E-state index in [1.165, 1.54) is 57.4 Å². The zero-order chi connectivity index (χ0) is 20.7. The molecule has 0 bridgehead atoms. The molecule has 162 valence electrons. The fourth-order valence-corrected chi connectivity index (χ4v) is 3.95. The third kappa shape index (κ3) is 9.21. The summed E-state index contributed by atoms with van der Waals surface area (Å²) in [5.74, 6) is 0.200. The first kappa shape index (κ1) is 24.7. The van der Waals surface area contributed by atoms with Crippen LogP contribution in [0.1, 0.15) is 117 Å². The summed E-state index contributed by atoms with van der Waals surface area (Å²) in [6.07, 6.45) is 17.8. The normalized spacial score (nSPS) is 11.7. The first-order valence-electron chi connectivity index (χ1n) is 11.8. The van der Waals surface area contributed by atoms with E-state index in [0.717, 1.165) is 44.9 Å². The molecule has 3 heteroatoms. The van der Waals surface area contributed by atoms with Crippen LogP contribution in [0, 0.1) is 0 Å². The number of aromatic hydroxyl groups is 2. The van der Waals surface area contributed by atoms with Crippen LogP contribution < -0.4 is 4.74 Å². The lowest BCUT2D eigenvalue weighted by molar-refractivity contribution is 0.0310. The Kier molecular flexibility index (Phi) is 12.9. The monoisotopic (exact) mass is 392 g/mol. The zero-order valence-corrected chi connectivity index (χ0v) is 18.6. The highest BCUT2D eigenvalue weighted by Crippen LogP contribution is 2.41. The molecule has 0 heterocycles. The van der Waals surface area contributed by atoms with Gasteiger partial charge in [-0.15, -0.1) is 0 Å². The Morgan fingerprint density at radius 3 is 1.71 bits per heavy atom. The van der Waals surface area contributed by atoms with Crippen LogP contribution in [-0.4, -0.2) is 15.8 Å². The average Bonchev–Trinajstić information content (AvgIpc) is 2.69. The van der Waals surface area contributed by atoms with E-state index in [1.54, 1.807) is 12.1 Å². The number of hydrogen-bond donors (Lipinski definition) is 2. The molecular weight excluding hydrogens is 348 g/mol. The summed E-state index contributed by atoms with van der Waals surface area (Å²) in [5, 5.41) is 20.2. The maximum absolute atomic E-state index is 10.3. The van der Waals surface area contributed by atoms with Crippen molar-refractivity contribution < 1.29 is 14.9 Å². The highest BCUT2D eigenvalue weighted by Gasteiger charge is 2.32. The summed E-state index contributed by atoms with van der Waals surface area (Å²) in [5.41, 5.74) is -0.236. The second kappa shape index (κ2) is 14.6. The van der Waals surface area contributed by atoms with Gasteiger partial charge in [-0.25, -0.2) is 0 Å². The summed E-state index contributed by atoms with van der Waals surface area (Å²) in [7, 11) is 0. The van der Waals surface area contributed by atoms with Gasteiger partial charge >= 0.3 is 0 Å². The minimum Gasteiger partial charge on any atom is -0.504 e. The van der Waals surface area contributed by atoms with Gasteiger partial charge in [0, 0.05) is 0 Å². The Labute approximate surface area is 173 Å². The fraction of sp³-hybridized carbons (Fsp3) is 0.760. The maximum atomic E-state index is 10.3. The summed E-state index contributed by atoms with van der Waals surface area (Å²) in [6.45, 7) is 6.71. The lowest BCUT2D eigenvalue weighted by Gasteiger charge is -2.35. The number of benzene rings is 1. The van der Waals surface area contributed by atoms with Crippen molar-refractivity contribution in [3.63, 3.8) is 0 Å². The summed E-state index contributed by atoms with van der Waals surface area (Å²) in [4.78, 5) is 0. The van der Waals surface area contributed by atoms with Gasteiger partial charge in [0.25, 0.3) is 0 Å². The van der Waals surface area contributed by atoms with Gasteiger partial charge in [-0.3, -0.25) is 0 Å². The molecule has 0 saturated heterocycles. The molecule has 3 nitrogen and oxygen atoms in total. The predicted octanol–water partition coefficient (Wildman–Crippen LogP) is 8.13. The van der Waals surface area contributed by atoms with Gasteiger partial charge in [0.1, 0.15) is 5.60 Å². The molecule has 2 N–H and O–H groups in total. The number of para-hydroxylation sites is 1. The second-order valence-electron chi connectivity index (χ2n) is 8.34. The third-order valence-electron chi connectivity index (χ3n) is 5.76. The van der Waals surface area contributed by atoms with E-state index in [-0.39, 0.29) is 17.1 Å². The van der Waals surface area contributed by atoms with E-state index in [2.05, 4.69) is 20.8 Å². The van der Waals surface area contributed by atoms with E-state index < -0.39 is 0 Å². The standard InChI is InChI=1S/C25H44O3/c1-4-7-10-12-14-20-25(19-9-6-3,21-15-13-11-8-5-2)28-23-18-16-17-22(26)24(23)27/h16-18,26-27H,4-15,19-21H2,1-3H3. The molecule has 0 unspecified atom stereocenters. The van der Waals surface area contributed by atoms with Gasteiger partial charge in [0.05, 0.1) is 0 Å². The molecule has 0 fully saturated rings. The van der Waals surface area contributed by atoms with Crippen LogP contribution in [0.2, 0.25) is 0 Å². The maximum Gasteiger partial charge on any atom is 0.200 e. The quantitative estimate of drug-likeness (QED) is 0.208. The van der Waals surface area contributed by atoms with Crippen LogP contribution in [0.5, 0.6) is 17.2 Å². The molecule has 0 atom stereocenters. The second-order valence-corrected chi connectivity index (χ2v) is 8.34. The molecule has 0 aliphatic carbocycles. The highest BCUT2D eigenvalue weighted by atomic mass is 16.5. The Morgan fingerprint density at radius 1 is 0.679 bits per heavy atom. The number of phenols is 2. The summed E-state index contributed by atoms with van der Waals surface area (Å²) >= 11 is 0. The molecule has 28 heavy (non-hydrogen) atoms. The van der Waals surface area contributed by atoms with Crippen LogP contribution in [0.25, 0.3) is 0 Å². The number of phenolic OH excluding ortho intramolecular Hbond substituents is 2. The Hall–Kier alpha value is -1.38. The third-order valence-corrected chi connectivity index (χ3v) is 5.76. The number of rotatable bonds is 17. The van der Waals surface area contributed by atoms with Crippen molar-refractivity contribution in [1.29, 1.82) is 0 Å². The summed E-state index contributed by atoms with van der Waals surface area (Å²) < 4.78 is 6.52. The number of hydrogen-bond acceptors (Lipinski definition) is 3. The number of unbranched alkanes of at least 4 members (excludes halogenated alkanes) is 9. The van der Waals surface area contributed by atoms with Crippen molar-refractivity contribution >= 4 is 0 Å². The molecule has 1 aromatic rings. The van der Waals surface area contributed by atoms with Crippen LogP contribution >= 0.6 is 0 Å². The van der Waals surface area contributed by atoms with Gasteiger partial charge < -0.3 is 14.9 Å². The van der Waals surface area contributed by atoms with Gasteiger partial charge in [0.15, 0.2) is 11.5 Å². The van der Waals surface area contributed by atoms with Crippen molar-refractivity contribution in [1.82, 2.24) is 0 Å². The minimum atomic E-state index is -0.236.